The highest BCUT2D eigenvalue weighted by molar-refractivity contribution is 6.17. The number of hydrogen-bond donors (Lipinski definition) is 0. The molecule has 0 unspecified atom stereocenters. The van der Waals surface area contributed by atoms with Crippen molar-refractivity contribution in [3.8, 4) is 5.88 Å². The van der Waals surface area contributed by atoms with Gasteiger partial charge in [0.2, 0.25) is 5.88 Å². The van der Waals surface area contributed by atoms with Gasteiger partial charge in [-0.1, -0.05) is 6.07 Å². The van der Waals surface area contributed by atoms with E-state index in [-0.39, 0.29) is 0 Å². The van der Waals surface area contributed by atoms with Gasteiger partial charge in [0.05, 0.1) is 19.8 Å². The van der Waals surface area contributed by atoms with Crippen LogP contribution in [0.4, 0.5) is 0 Å². The Morgan fingerprint density at radius 3 is 2.59 bits per heavy atom. The fourth-order valence-corrected chi connectivity index (χ4v) is 1.52. The third-order valence-corrected chi connectivity index (χ3v) is 2.51. The van der Waals surface area contributed by atoms with Crippen molar-refractivity contribution >= 4 is 11.6 Å². The smallest absolute Gasteiger partial charge is 0.213 e. The minimum Gasteiger partial charge on any atom is -0.475 e. The van der Waals surface area contributed by atoms with Crippen LogP contribution in [0.15, 0.2) is 12.1 Å². The molecule has 1 rings (SSSR count). The Hall–Kier alpha value is -0.840. The van der Waals surface area contributed by atoms with Gasteiger partial charge in [-0.05, 0) is 12.5 Å². The second kappa shape index (κ2) is 8.28. The van der Waals surface area contributed by atoms with Gasteiger partial charge in [-0.3, -0.25) is 0 Å². The van der Waals surface area contributed by atoms with Gasteiger partial charge in [0, 0.05) is 24.8 Å². The number of methoxy groups -OCH3 is 1. The molecule has 4 nitrogen and oxygen atoms in total. The fourth-order valence-electron chi connectivity index (χ4n) is 1.24. The molecule has 0 atom stereocenters. The van der Waals surface area contributed by atoms with E-state index in [4.69, 9.17) is 25.8 Å². The van der Waals surface area contributed by atoms with E-state index in [0.29, 0.717) is 38.2 Å². The number of hydrogen-bond acceptors (Lipinski definition) is 4. The molecule has 17 heavy (non-hydrogen) atoms. The molecule has 0 saturated carbocycles. The maximum atomic E-state index is 5.75. The van der Waals surface area contributed by atoms with Crippen LogP contribution in [0.2, 0.25) is 0 Å². The molecule has 96 valence electrons. The topological polar surface area (TPSA) is 40.6 Å². The third kappa shape index (κ3) is 5.35. The monoisotopic (exact) mass is 259 g/mol. The van der Waals surface area contributed by atoms with Crippen molar-refractivity contribution in [1.82, 2.24) is 4.98 Å². The number of nitrogens with zero attached hydrogens (tertiary/aromatic N) is 1. The molecule has 0 bridgehead atoms. The van der Waals surface area contributed by atoms with E-state index in [1.54, 1.807) is 7.11 Å². The summed E-state index contributed by atoms with van der Waals surface area (Å²) in [6.07, 6.45) is 0. The van der Waals surface area contributed by atoms with Crippen LogP contribution in [0.25, 0.3) is 0 Å². The van der Waals surface area contributed by atoms with Crippen molar-refractivity contribution < 1.29 is 14.2 Å². The molecule has 0 aromatic carbocycles. The second-order valence-electron chi connectivity index (χ2n) is 3.48. The fraction of sp³-hybridized carbons (Fsp3) is 0.583. The van der Waals surface area contributed by atoms with Crippen LogP contribution >= 0.6 is 11.6 Å². The highest BCUT2D eigenvalue weighted by Gasteiger charge is 2.01. The minimum absolute atomic E-state index is 0.471. The van der Waals surface area contributed by atoms with E-state index >= 15 is 0 Å². The third-order valence-electron chi connectivity index (χ3n) is 2.22. The van der Waals surface area contributed by atoms with E-state index in [1.165, 1.54) is 0 Å². The number of ether oxygens (including phenoxy) is 3. The van der Waals surface area contributed by atoms with Crippen LogP contribution in [0.1, 0.15) is 11.3 Å². The summed E-state index contributed by atoms with van der Waals surface area (Å²) >= 11 is 5.75. The Balaban J connectivity index is 2.25. The number of rotatable bonds is 8. The first-order chi connectivity index (χ1) is 8.27. The average Bonchev–Trinajstić information content (AvgIpc) is 2.34. The molecule has 5 heteroatoms. The van der Waals surface area contributed by atoms with Gasteiger partial charge < -0.3 is 14.2 Å². The molecular formula is C12H18ClNO3. The zero-order valence-corrected chi connectivity index (χ0v) is 11.0. The number of aromatic nitrogens is 1. The molecule has 1 heterocycles. The zero-order valence-electron chi connectivity index (χ0n) is 10.2. The predicted octanol–water partition coefficient (Wildman–Crippen LogP) is 2.17. The lowest BCUT2D eigenvalue weighted by molar-refractivity contribution is 0.0536. The van der Waals surface area contributed by atoms with E-state index in [0.717, 1.165) is 11.3 Å². The second-order valence-corrected chi connectivity index (χ2v) is 3.75. The van der Waals surface area contributed by atoms with Crippen molar-refractivity contribution in [2.45, 2.75) is 12.8 Å². The molecule has 0 radical (unpaired) electrons. The van der Waals surface area contributed by atoms with Crippen molar-refractivity contribution in [3.63, 3.8) is 0 Å². The van der Waals surface area contributed by atoms with Gasteiger partial charge in [-0.15, -0.1) is 11.6 Å². The summed E-state index contributed by atoms with van der Waals surface area (Å²) < 4.78 is 15.6. The van der Waals surface area contributed by atoms with E-state index < -0.39 is 0 Å². The molecule has 1 aromatic rings. The molecule has 0 amide bonds. The summed E-state index contributed by atoms with van der Waals surface area (Å²) in [6, 6.07) is 3.75. The average molecular weight is 260 g/mol. The van der Waals surface area contributed by atoms with Gasteiger partial charge in [0.15, 0.2) is 0 Å². The molecule has 0 aliphatic carbocycles. The summed E-state index contributed by atoms with van der Waals surface area (Å²) in [7, 11) is 1.64. The van der Waals surface area contributed by atoms with E-state index in [1.807, 2.05) is 19.1 Å². The van der Waals surface area contributed by atoms with Crippen LogP contribution in [-0.4, -0.2) is 38.5 Å². The van der Waals surface area contributed by atoms with E-state index in [9.17, 15) is 0 Å². The van der Waals surface area contributed by atoms with E-state index in [2.05, 4.69) is 4.98 Å². The first-order valence-corrected chi connectivity index (χ1v) is 6.03. The summed E-state index contributed by atoms with van der Waals surface area (Å²) in [5, 5.41) is 0. The van der Waals surface area contributed by atoms with Crippen molar-refractivity contribution in [3.05, 3.63) is 23.4 Å². The van der Waals surface area contributed by atoms with Crippen LogP contribution in [0.3, 0.4) is 0 Å². The first-order valence-electron chi connectivity index (χ1n) is 5.50. The molecule has 1 aromatic heterocycles. The SMILES string of the molecule is COCCOCCOc1ccc(CCl)c(C)n1. The Kier molecular flexibility index (Phi) is 6.93. The van der Waals surface area contributed by atoms with Crippen LogP contribution in [0, 0.1) is 6.92 Å². The van der Waals surface area contributed by atoms with Gasteiger partial charge in [0.1, 0.15) is 6.61 Å². The van der Waals surface area contributed by atoms with Crippen molar-refractivity contribution in [1.29, 1.82) is 0 Å². The summed E-state index contributed by atoms with van der Waals surface area (Å²) in [4.78, 5) is 4.29. The highest BCUT2D eigenvalue weighted by atomic mass is 35.5. The lowest BCUT2D eigenvalue weighted by atomic mass is 10.2. The number of pyridine rings is 1. The lowest BCUT2D eigenvalue weighted by Gasteiger charge is -2.08. The summed E-state index contributed by atoms with van der Waals surface area (Å²) in [5.74, 6) is 1.07. The largest absolute Gasteiger partial charge is 0.475 e. The molecule has 0 aliphatic rings. The van der Waals surface area contributed by atoms with Gasteiger partial charge in [0.25, 0.3) is 0 Å². The van der Waals surface area contributed by atoms with Gasteiger partial charge >= 0.3 is 0 Å². The molecule has 0 fully saturated rings. The Morgan fingerprint density at radius 2 is 1.94 bits per heavy atom. The summed E-state index contributed by atoms with van der Waals surface area (Å²) in [5.41, 5.74) is 1.92. The molecule has 0 saturated heterocycles. The normalized spacial score (nSPS) is 10.5. The van der Waals surface area contributed by atoms with Crippen molar-refractivity contribution in [2.24, 2.45) is 0 Å². The summed E-state index contributed by atoms with van der Waals surface area (Å²) in [6.45, 7) is 4.11. The quantitative estimate of drug-likeness (QED) is 0.530. The van der Waals surface area contributed by atoms with Gasteiger partial charge in [-0.2, -0.15) is 0 Å². The molecule has 0 aliphatic heterocycles. The number of aryl methyl sites for hydroxylation is 1. The Bertz CT molecular complexity index is 334. The minimum atomic E-state index is 0.471. The lowest BCUT2D eigenvalue weighted by Crippen LogP contribution is -2.10. The maximum Gasteiger partial charge on any atom is 0.213 e. The van der Waals surface area contributed by atoms with Gasteiger partial charge in [-0.25, -0.2) is 4.98 Å². The molecule has 0 N–H and O–H groups in total. The number of alkyl halides is 1. The first kappa shape index (κ1) is 14.2. The molecule has 0 spiro atoms. The van der Waals surface area contributed by atoms with Crippen molar-refractivity contribution in [2.75, 3.05) is 33.5 Å². The predicted molar refractivity (Wildman–Crippen MR) is 66.7 cm³/mol. The Morgan fingerprint density at radius 1 is 1.18 bits per heavy atom. The molecular weight excluding hydrogens is 242 g/mol. The van der Waals surface area contributed by atoms with Crippen LogP contribution in [0.5, 0.6) is 5.88 Å². The standard InChI is InChI=1S/C12H18ClNO3/c1-10-11(9-13)3-4-12(14-10)17-8-7-16-6-5-15-2/h3-4H,5-9H2,1-2H3. The van der Waals surface area contributed by atoms with Crippen LogP contribution in [-0.2, 0) is 15.4 Å². The maximum absolute atomic E-state index is 5.75. The Labute approximate surface area is 107 Å². The highest BCUT2D eigenvalue weighted by Crippen LogP contribution is 2.13. The zero-order chi connectivity index (χ0) is 12.5. The van der Waals surface area contributed by atoms with Crippen LogP contribution < -0.4 is 4.74 Å². The number of halogens is 1.